The molecular weight excluding hydrogens is 334 g/mol. The quantitative estimate of drug-likeness (QED) is 0.841. The zero-order chi connectivity index (χ0) is 15.6. The zero-order valence-corrected chi connectivity index (χ0v) is 15.2. The van der Waals surface area contributed by atoms with Crippen molar-refractivity contribution in [2.75, 3.05) is 37.6 Å². The second-order valence-corrected chi connectivity index (χ2v) is 7.95. The molecule has 5 nitrogen and oxygen atoms in total. The molecule has 2 aliphatic rings. The van der Waals surface area contributed by atoms with Gasteiger partial charge in [-0.3, -0.25) is 0 Å². The fourth-order valence-electron chi connectivity index (χ4n) is 3.43. The van der Waals surface area contributed by atoms with Crippen LogP contribution in [0.4, 0.5) is 5.69 Å². The van der Waals surface area contributed by atoms with Crippen molar-refractivity contribution in [1.82, 2.24) is 10.0 Å². The molecule has 3 rings (SSSR count). The number of nitrogens with one attached hydrogen (secondary N) is 2. The highest BCUT2D eigenvalue weighted by molar-refractivity contribution is 7.89. The first-order valence-electron chi connectivity index (χ1n) is 8.18. The van der Waals surface area contributed by atoms with Crippen LogP contribution in [0, 0.1) is 5.92 Å². The minimum Gasteiger partial charge on any atom is -0.371 e. The van der Waals surface area contributed by atoms with Gasteiger partial charge >= 0.3 is 0 Å². The number of rotatable bonds is 5. The van der Waals surface area contributed by atoms with E-state index in [1.165, 1.54) is 18.4 Å². The standard InChI is InChI=1S/C16H25N3O2S.ClH/c1-2-18-22(20,21)15-4-3-14-7-10-19(16(14)11-15)12-13-5-8-17-9-6-13;/h3-4,11,13,17-18H,2,5-10,12H2,1H3;1H. The summed E-state index contributed by atoms with van der Waals surface area (Å²) in [4.78, 5) is 2.75. The molecule has 23 heavy (non-hydrogen) atoms. The topological polar surface area (TPSA) is 61.4 Å². The Morgan fingerprint density at radius 3 is 2.74 bits per heavy atom. The first kappa shape index (κ1) is 18.5. The number of anilines is 1. The second kappa shape index (κ2) is 7.83. The van der Waals surface area contributed by atoms with Gasteiger partial charge in [0.2, 0.25) is 10.0 Å². The van der Waals surface area contributed by atoms with Crippen molar-refractivity contribution in [2.24, 2.45) is 5.92 Å². The molecule has 0 spiro atoms. The summed E-state index contributed by atoms with van der Waals surface area (Å²) in [6.07, 6.45) is 3.43. The average Bonchev–Trinajstić information content (AvgIpc) is 2.91. The van der Waals surface area contributed by atoms with Crippen LogP contribution in [-0.2, 0) is 16.4 Å². The number of nitrogens with zero attached hydrogens (tertiary/aromatic N) is 1. The monoisotopic (exact) mass is 359 g/mol. The molecule has 1 saturated heterocycles. The summed E-state index contributed by atoms with van der Waals surface area (Å²) in [5.74, 6) is 0.709. The molecule has 2 heterocycles. The van der Waals surface area contributed by atoms with Crippen LogP contribution < -0.4 is 14.9 Å². The third-order valence-electron chi connectivity index (χ3n) is 4.63. The smallest absolute Gasteiger partial charge is 0.240 e. The number of fused-ring (bicyclic) bond motifs is 1. The molecule has 2 aliphatic heterocycles. The summed E-state index contributed by atoms with van der Waals surface area (Å²) in [6, 6.07) is 5.55. The molecule has 0 radical (unpaired) electrons. The molecule has 0 unspecified atom stereocenters. The first-order valence-corrected chi connectivity index (χ1v) is 9.66. The third kappa shape index (κ3) is 4.18. The normalized spacial score (nSPS) is 18.6. The van der Waals surface area contributed by atoms with Gasteiger partial charge in [-0.2, -0.15) is 0 Å². The van der Waals surface area contributed by atoms with Crippen LogP contribution in [-0.4, -0.2) is 41.1 Å². The lowest BCUT2D eigenvalue weighted by atomic mass is 9.97. The van der Waals surface area contributed by atoms with E-state index in [0.29, 0.717) is 17.4 Å². The Balaban J connectivity index is 0.00000192. The van der Waals surface area contributed by atoms with E-state index in [4.69, 9.17) is 0 Å². The van der Waals surface area contributed by atoms with Crippen molar-refractivity contribution in [1.29, 1.82) is 0 Å². The van der Waals surface area contributed by atoms with Crippen LogP contribution in [0.25, 0.3) is 0 Å². The highest BCUT2D eigenvalue weighted by Crippen LogP contribution is 2.32. The van der Waals surface area contributed by atoms with Gasteiger partial charge in [-0.1, -0.05) is 13.0 Å². The van der Waals surface area contributed by atoms with Gasteiger partial charge < -0.3 is 10.2 Å². The first-order chi connectivity index (χ1) is 10.6. The predicted molar refractivity (Wildman–Crippen MR) is 96.1 cm³/mol. The van der Waals surface area contributed by atoms with Gasteiger partial charge in [0.1, 0.15) is 0 Å². The molecule has 130 valence electrons. The van der Waals surface area contributed by atoms with E-state index < -0.39 is 10.0 Å². The van der Waals surface area contributed by atoms with E-state index in [2.05, 4.69) is 14.9 Å². The average molecular weight is 360 g/mol. The Bertz CT molecular complexity index is 630. The Morgan fingerprint density at radius 2 is 2.04 bits per heavy atom. The van der Waals surface area contributed by atoms with E-state index in [-0.39, 0.29) is 12.4 Å². The van der Waals surface area contributed by atoms with Crippen molar-refractivity contribution in [2.45, 2.75) is 31.1 Å². The van der Waals surface area contributed by atoms with Gasteiger partial charge in [0.25, 0.3) is 0 Å². The molecule has 0 aromatic heterocycles. The predicted octanol–water partition coefficient (Wildman–Crippen LogP) is 1.77. The van der Waals surface area contributed by atoms with Crippen LogP contribution >= 0.6 is 12.4 Å². The summed E-state index contributed by atoms with van der Waals surface area (Å²) in [5, 5.41) is 3.40. The lowest BCUT2D eigenvalue weighted by Gasteiger charge is -2.29. The number of sulfonamides is 1. The summed E-state index contributed by atoms with van der Waals surface area (Å²) in [7, 11) is -3.38. The molecule has 0 aliphatic carbocycles. The van der Waals surface area contributed by atoms with Crippen LogP contribution in [0.2, 0.25) is 0 Å². The molecule has 1 fully saturated rings. The summed E-state index contributed by atoms with van der Waals surface area (Å²) >= 11 is 0. The third-order valence-corrected chi connectivity index (χ3v) is 6.17. The molecule has 0 bridgehead atoms. The largest absolute Gasteiger partial charge is 0.371 e. The van der Waals surface area contributed by atoms with E-state index >= 15 is 0 Å². The minimum absolute atomic E-state index is 0. The van der Waals surface area contributed by atoms with E-state index in [1.54, 1.807) is 13.0 Å². The fraction of sp³-hybridized carbons (Fsp3) is 0.625. The van der Waals surface area contributed by atoms with Crippen LogP contribution in [0.1, 0.15) is 25.3 Å². The molecule has 7 heteroatoms. The molecule has 1 aromatic rings. The second-order valence-electron chi connectivity index (χ2n) is 6.18. The Kier molecular flexibility index (Phi) is 6.31. The summed E-state index contributed by atoms with van der Waals surface area (Å²) in [6.45, 7) is 6.45. The lowest BCUT2D eigenvalue weighted by Crippen LogP contribution is -2.35. The van der Waals surface area contributed by atoms with Crippen molar-refractivity contribution >= 4 is 28.1 Å². The minimum atomic E-state index is -3.38. The molecule has 0 atom stereocenters. The zero-order valence-electron chi connectivity index (χ0n) is 13.5. The Labute approximate surface area is 145 Å². The van der Waals surface area contributed by atoms with E-state index in [1.807, 2.05) is 12.1 Å². The molecule has 0 saturated carbocycles. The van der Waals surface area contributed by atoms with Crippen molar-refractivity contribution in [3.8, 4) is 0 Å². The lowest BCUT2D eigenvalue weighted by molar-refractivity contribution is 0.375. The summed E-state index contributed by atoms with van der Waals surface area (Å²) < 4.78 is 27.0. The van der Waals surface area contributed by atoms with Crippen LogP contribution in [0.15, 0.2) is 23.1 Å². The number of halogens is 1. The molecule has 1 aromatic carbocycles. The van der Waals surface area contributed by atoms with Gasteiger partial charge in [-0.15, -0.1) is 12.4 Å². The van der Waals surface area contributed by atoms with Crippen LogP contribution in [0.3, 0.4) is 0 Å². The Morgan fingerprint density at radius 1 is 1.30 bits per heavy atom. The SMILES string of the molecule is CCNS(=O)(=O)c1ccc2c(c1)N(CC1CCNCC1)CC2.Cl. The number of hydrogen-bond donors (Lipinski definition) is 2. The van der Waals surface area contributed by atoms with Gasteiger partial charge in [-0.05, 0) is 56.0 Å². The van der Waals surface area contributed by atoms with Crippen molar-refractivity contribution in [3.63, 3.8) is 0 Å². The summed E-state index contributed by atoms with van der Waals surface area (Å²) in [5.41, 5.74) is 2.38. The molecular formula is C16H26ClN3O2S. The van der Waals surface area contributed by atoms with Gasteiger partial charge in [0, 0.05) is 25.3 Å². The Hall–Kier alpha value is -0.820. The maximum absolute atomic E-state index is 12.2. The fourth-order valence-corrected chi connectivity index (χ4v) is 4.49. The highest BCUT2D eigenvalue weighted by atomic mass is 35.5. The maximum Gasteiger partial charge on any atom is 0.240 e. The van der Waals surface area contributed by atoms with Gasteiger partial charge in [0.05, 0.1) is 4.90 Å². The number of piperidine rings is 1. The maximum atomic E-state index is 12.2. The van der Waals surface area contributed by atoms with E-state index in [0.717, 1.165) is 38.3 Å². The van der Waals surface area contributed by atoms with Crippen LogP contribution in [0.5, 0.6) is 0 Å². The van der Waals surface area contributed by atoms with E-state index in [9.17, 15) is 8.42 Å². The van der Waals surface area contributed by atoms with Crippen molar-refractivity contribution in [3.05, 3.63) is 23.8 Å². The number of benzene rings is 1. The van der Waals surface area contributed by atoms with Crippen molar-refractivity contribution < 1.29 is 8.42 Å². The van der Waals surface area contributed by atoms with Gasteiger partial charge in [-0.25, -0.2) is 13.1 Å². The van der Waals surface area contributed by atoms with Gasteiger partial charge in [0.15, 0.2) is 0 Å². The number of hydrogen-bond acceptors (Lipinski definition) is 4. The highest BCUT2D eigenvalue weighted by Gasteiger charge is 2.25. The molecule has 2 N–H and O–H groups in total. The molecule has 0 amide bonds.